The minimum Gasteiger partial charge on any atom is -0.393 e. The molecular formula is C19H28N2O3. The van der Waals surface area contributed by atoms with Gasteiger partial charge in [0, 0.05) is 6.54 Å². The second-order valence-corrected chi connectivity index (χ2v) is 7.12. The standard InChI is InChI=1S/C19H28N2O3/c1-13-7-8-18(17-6-4-3-5-16(13)17)20-19(23)21-9-10-24-12-15(21)11-14(2)22/h3-6,13-15,18,22H,7-12H2,1-2H3,(H,20,23)/t13-,14-,15+,18-/m0/s1. The molecule has 1 aromatic carbocycles. The average Bonchev–Trinajstić information content (AvgIpc) is 2.57. The third-order valence-corrected chi connectivity index (χ3v) is 5.19. The number of fused-ring (bicyclic) bond motifs is 1. The lowest BCUT2D eigenvalue weighted by Crippen LogP contribution is -2.54. The number of aliphatic hydroxyl groups excluding tert-OH is 1. The Morgan fingerprint density at radius 1 is 1.38 bits per heavy atom. The molecule has 0 bridgehead atoms. The molecule has 2 aliphatic rings. The van der Waals surface area contributed by atoms with Crippen LogP contribution >= 0.6 is 0 Å². The number of benzene rings is 1. The molecule has 0 saturated carbocycles. The maximum absolute atomic E-state index is 12.8. The van der Waals surface area contributed by atoms with Gasteiger partial charge >= 0.3 is 6.03 Å². The van der Waals surface area contributed by atoms with Gasteiger partial charge in [-0.15, -0.1) is 0 Å². The number of carbonyl (C=O) groups is 1. The molecule has 2 amide bonds. The smallest absolute Gasteiger partial charge is 0.318 e. The molecule has 1 fully saturated rings. The van der Waals surface area contributed by atoms with Gasteiger partial charge < -0.3 is 20.1 Å². The van der Waals surface area contributed by atoms with Crippen molar-refractivity contribution in [3.8, 4) is 0 Å². The normalized spacial score (nSPS) is 28.1. The third kappa shape index (κ3) is 3.73. The Morgan fingerprint density at radius 3 is 2.88 bits per heavy atom. The SMILES string of the molecule is C[C@H](O)C[C@@H]1COCCN1C(=O)N[C@H]1CC[C@H](C)c2ccccc21. The fourth-order valence-electron chi connectivity index (χ4n) is 3.90. The Balaban J connectivity index is 1.71. The maximum atomic E-state index is 12.8. The molecule has 1 aliphatic carbocycles. The molecule has 1 aromatic rings. The number of hydrogen-bond donors (Lipinski definition) is 2. The van der Waals surface area contributed by atoms with Crippen molar-refractivity contribution < 1.29 is 14.6 Å². The van der Waals surface area contributed by atoms with Crippen LogP contribution in [0.5, 0.6) is 0 Å². The molecule has 2 N–H and O–H groups in total. The number of nitrogens with zero attached hydrogens (tertiary/aromatic N) is 1. The highest BCUT2D eigenvalue weighted by Gasteiger charge is 2.31. The molecule has 1 aliphatic heterocycles. The summed E-state index contributed by atoms with van der Waals surface area (Å²) in [6.07, 6.45) is 2.16. The Labute approximate surface area is 144 Å². The first-order chi connectivity index (χ1) is 11.6. The first-order valence-corrected chi connectivity index (χ1v) is 8.98. The summed E-state index contributed by atoms with van der Waals surface area (Å²) >= 11 is 0. The molecule has 0 unspecified atom stereocenters. The van der Waals surface area contributed by atoms with Gasteiger partial charge in [-0.2, -0.15) is 0 Å². The lowest BCUT2D eigenvalue weighted by molar-refractivity contribution is -0.00494. The summed E-state index contributed by atoms with van der Waals surface area (Å²) in [6.45, 7) is 5.63. The van der Waals surface area contributed by atoms with E-state index in [9.17, 15) is 9.90 Å². The first kappa shape index (κ1) is 17.2. The molecular weight excluding hydrogens is 304 g/mol. The van der Waals surface area contributed by atoms with Crippen LogP contribution < -0.4 is 5.32 Å². The van der Waals surface area contributed by atoms with E-state index in [1.807, 2.05) is 11.0 Å². The zero-order valence-corrected chi connectivity index (χ0v) is 14.6. The van der Waals surface area contributed by atoms with Gasteiger partial charge in [0.05, 0.1) is 31.4 Å². The second kappa shape index (κ2) is 7.53. The monoisotopic (exact) mass is 332 g/mol. The average molecular weight is 332 g/mol. The molecule has 0 spiro atoms. The fourth-order valence-corrected chi connectivity index (χ4v) is 3.90. The van der Waals surface area contributed by atoms with Crippen LogP contribution in [0.1, 0.15) is 56.2 Å². The molecule has 0 aromatic heterocycles. The van der Waals surface area contributed by atoms with E-state index in [-0.39, 0.29) is 18.1 Å². The highest BCUT2D eigenvalue weighted by atomic mass is 16.5. The van der Waals surface area contributed by atoms with E-state index in [1.54, 1.807) is 6.92 Å². The van der Waals surface area contributed by atoms with E-state index < -0.39 is 6.10 Å². The van der Waals surface area contributed by atoms with Crippen molar-refractivity contribution in [2.24, 2.45) is 0 Å². The highest BCUT2D eigenvalue weighted by Crippen LogP contribution is 2.37. The highest BCUT2D eigenvalue weighted by molar-refractivity contribution is 5.75. The number of carbonyl (C=O) groups excluding carboxylic acids is 1. The van der Waals surface area contributed by atoms with E-state index >= 15 is 0 Å². The maximum Gasteiger partial charge on any atom is 0.318 e. The van der Waals surface area contributed by atoms with Gasteiger partial charge in [0.25, 0.3) is 0 Å². The van der Waals surface area contributed by atoms with E-state index in [0.717, 1.165) is 12.8 Å². The van der Waals surface area contributed by atoms with E-state index in [2.05, 4.69) is 30.4 Å². The number of hydrogen-bond acceptors (Lipinski definition) is 3. The van der Waals surface area contributed by atoms with Crippen LogP contribution in [0, 0.1) is 0 Å². The molecule has 1 saturated heterocycles. The summed E-state index contributed by atoms with van der Waals surface area (Å²) in [5.41, 5.74) is 2.58. The number of rotatable bonds is 3. The number of amides is 2. The molecule has 24 heavy (non-hydrogen) atoms. The lowest BCUT2D eigenvalue weighted by atomic mass is 9.81. The Hall–Kier alpha value is -1.59. The summed E-state index contributed by atoms with van der Waals surface area (Å²) in [6, 6.07) is 8.38. The van der Waals surface area contributed by atoms with E-state index in [4.69, 9.17) is 4.74 Å². The summed E-state index contributed by atoms with van der Waals surface area (Å²) in [7, 11) is 0. The zero-order valence-electron chi connectivity index (χ0n) is 14.6. The van der Waals surface area contributed by atoms with Crippen LogP contribution in [0.3, 0.4) is 0 Å². The number of ether oxygens (including phenoxy) is 1. The van der Waals surface area contributed by atoms with Crippen molar-refractivity contribution >= 4 is 6.03 Å². The number of morpholine rings is 1. The van der Waals surface area contributed by atoms with Gasteiger partial charge in [-0.25, -0.2) is 4.79 Å². The first-order valence-electron chi connectivity index (χ1n) is 8.98. The molecule has 0 radical (unpaired) electrons. The number of aliphatic hydroxyl groups is 1. The topological polar surface area (TPSA) is 61.8 Å². The lowest BCUT2D eigenvalue weighted by Gasteiger charge is -2.38. The van der Waals surface area contributed by atoms with Crippen LogP contribution in [0.2, 0.25) is 0 Å². The van der Waals surface area contributed by atoms with Gasteiger partial charge in [-0.05, 0) is 43.2 Å². The van der Waals surface area contributed by atoms with Crippen LogP contribution in [-0.2, 0) is 4.74 Å². The molecule has 4 atom stereocenters. The van der Waals surface area contributed by atoms with Crippen molar-refractivity contribution in [3.63, 3.8) is 0 Å². The third-order valence-electron chi connectivity index (χ3n) is 5.19. The van der Waals surface area contributed by atoms with Crippen molar-refractivity contribution in [2.45, 2.75) is 57.2 Å². The summed E-state index contributed by atoms with van der Waals surface area (Å²) in [5, 5.41) is 12.9. The van der Waals surface area contributed by atoms with Gasteiger partial charge in [-0.1, -0.05) is 31.2 Å². The van der Waals surface area contributed by atoms with Gasteiger partial charge in [0.2, 0.25) is 0 Å². The summed E-state index contributed by atoms with van der Waals surface area (Å²) in [4.78, 5) is 14.7. The van der Waals surface area contributed by atoms with Crippen molar-refractivity contribution in [3.05, 3.63) is 35.4 Å². The molecule has 1 heterocycles. The van der Waals surface area contributed by atoms with Crippen molar-refractivity contribution in [1.82, 2.24) is 10.2 Å². The second-order valence-electron chi connectivity index (χ2n) is 7.12. The summed E-state index contributed by atoms with van der Waals surface area (Å²) < 4.78 is 5.49. The van der Waals surface area contributed by atoms with Gasteiger partial charge in [0.1, 0.15) is 0 Å². The fraction of sp³-hybridized carbons (Fsp3) is 0.632. The quantitative estimate of drug-likeness (QED) is 0.895. The van der Waals surface area contributed by atoms with Crippen LogP contribution in [0.15, 0.2) is 24.3 Å². The van der Waals surface area contributed by atoms with Gasteiger partial charge in [0.15, 0.2) is 0 Å². The van der Waals surface area contributed by atoms with Crippen LogP contribution in [0.25, 0.3) is 0 Å². The molecule has 132 valence electrons. The Kier molecular flexibility index (Phi) is 5.41. The predicted molar refractivity (Wildman–Crippen MR) is 93.0 cm³/mol. The predicted octanol–water partition coefficient (Wildman–Crippen LogP) is 2.81. The minimum absolute atomic E-state index is 0.0432. The molecule has 5 heteroatoms. The zero-order chi connectivity index (χ0) is 17.1. The summed E-state index contributed by atoms with van der Waals surface area (Å²) in [5.74, 6) is 0.542. The molecule has 5 nitrogen and oxygen atoms in total. The Bertz CT molecular complexity index is 575. The van der Waals surface area contributed by atoms with E-state index in [1.165, 1.54) is 11.1 Å². The van der Waals surface area contributed by atoms with E-state index in [0.29, 0.717) is 32.1 Å². The van der Waals surface area contributed by atoms with Gasteiger partial charge in [-0.3, -0.25) is 0 Å². The van der Waals surface area contributed by atoms with Crippen LogP contribution in [-0.4, -0.2) is 47.9 Å². The Morgan fingerprint density at radius 2 is 2.12 bits per heavy atom. The minimum atomic E-state index is -0.441. The number of nitrogens with one attached hydrogen (secondary N) is 1. The largest absolute Gasteiger partial charge is 0.393 e. The van der Waals surface area contributed by atoms with Crippen molar-refractivity contribution in [1.29, 1.82) is 0 Å². The molecule has 3 rings (SSSR count). The van der Waals surface area contributed by atoms with Crippen molar-refractivity contribution in [2.75, 3.05) is 19.8 Å². The number of urea groups is 1. The van der Waals surface area contributed by atoms with Crippen LogP contribution in [0.4, 0.5) is 4.79 Å².